The van der Waals surface area contributed by atoms with Crippen molar-refractivity contribution in [3.05, 3.63) is 64.6 Å². The van der Waals surface area contributed by atoms with Crippen LogP contribution in [0.15, 0.2) is 53.9 Å². The molecule has 2 heterocycles. The highest BCUT2D eigenvalue weighted by Gasteiger charge is 2.12. The van der Waals surface area contributed by atoms with Gasteiger partial charge >= 0.3 is 0 Å². The summed E-state index contributed by atoms with van der Waals surface area (Å²) in [6.45, 7) is 1.98. The molecule has 1 N–H and O–H groups in total. The van der Waals surface area contributed by atoms with Gasteiger partial charge in [-0.15, -0.1) is 22.7 Å². The zero-order valence-electron chi connectivity index (χ0n) is 12.8. The first-order chi connectivity index (χ1) is 11.7. The van der Waals surface area contributed by atoms with Gasteiger partial charge in [-0.2, -0.15) is 0 Å². The van der Waals surface area contributed by atoms with Gasteiger partial charge in [-0.3, -0.25) is 4.79 Å². The molecule has 0 saturated heterocycles. The van der Waals surface area contributed by atoms with Crippen LogP contribution in [0.2, 0.25) is 0 Å². The second-order valence-electron chi connectivity index (χ2n) is 5.27. The minimum atomic E-state index is -0.209. The minimum Gasteiger partial charge on any atom is -0.321 e. The summed E-state index contributed by atoms with van der Waals surface area (Å²) in [4.78, 5) is 21.3. The lowest BCUT2D eigenvalue weighted by Gasteiger charge is -2.02. The van der Waals surface area contributed by atoms with Gasteiger partial charge in [0.25, 0.3) is 5.91 Å². The number of amides is 1. The van der Waals surface area contributed by atoms with Crippen molar-refractivity contribution in [2.24, 2.45) is 0 Å². The van der Waals surface area contributed by atoms with Crippen LogP contribution in [-0.2, 0) is 0 Å². The van der Waals surface area contributed by atoms with Gasteiger partial charge in [0.2, 0.25) is 0 Å². The van der Waals surface area contributed by atoms with E-state index in [0.29, 0.717) is 5.69 Å². The number of hydrogen-bond donors (Lipinski definition) is 1. The van der Waals surface area contributed by atoms with Crippen LogP contribution in [0, 0.1) is 6.92 Å². The van der Waals surface area contributed by atoms with Crippen molar-refractivity contribution in [1.82, 2.24) is 9.97 Å². The number of nitrogens with zero attached hydrogens (tertiary/aromatic N) is 2. The number of hydrogen-bond acceptors (Lipinski definition) is 5. The topological polar surface area (TPSA) is 54.9 Å². The maximum atomic E-state index is 12.4. The molecular formula is C18H13N3OS2. The van der Waals surface area contributed by atoms with Gasteiger partial charge in [-0.05, 0) is 25.1 Å². The number of nitrogens with one attached hydrogen (secondary N) is 1. The molecule has 6 heteroatoms. The zero-order chi connectivity index (χ0) is 16.5. The SMILES string of the molecule is Cc1nc2cc(NC(=O)c3csc(-c4ccccc4)n3)ccc2s1. The van der Waals surface area contributed by atoms with Crippen LogP contribution < -0.4 is 5.32 Å². The van der Waals surface area contributed by atoms with E-state index in [-0.39, 0.29) is 5.91 Å². The fourth-order valence-electron chi connectivity index (χ4n) is 2.41. The third-order valence-corrected chi connectivity index (χ3v) is 5.35. The van der Waals surface area contributed by atoms with E-state index < -0.39 is 0 Å². The standard InChI is InChI=1S/C18H13N3OS2/c1-11-19-14-9-13(7-8-16(14)24-11)20-17(22)15-10-23-18(21-15)12-5-3-2-4-6-12/h2-10H,1H3,(H,20,22). The average molecular weight is 351 g/mol. The van der Waals surface area contributed by atoms with Crippen LogP contribution in [0.4, 0.5) is 5.69 Å². The van der Waals surface area contributed by atoms with Crippen LogP contribution in [0.1, 0.15) is 15.5 Å². The summed E-state index contributed by atoms with van der Waals surface area (Å²) in [7, 11) is 0. The maximum Gasteiger partial charge on any atom is 0.275 e. The van der Waals surface area contributed by atoms with Gasteiger partial charge in [0, 0.05) is 16.6 Å². The Bertz CT molecular complexity index is 1020. The largest absolute Gasteiger partial charge is 0.321 e. The fraction of sp³-hybridized carbons (Fsp3) is 0.0556. The quantitative estimate of drug-likeness (QED) is 0.566. The van der Waals surface area contributed by atoms with Gasteiger partial charge in [0.05, 0.1) is 15.2 Å². The number of carbonyl (C=O) groups excluding carboxylic acids is 1. The van der Waals surface area contributed by atoms with Gasteiger partial charge in [0.1, 0.15) is 10.7 Å². The van der Waals surface area contributed by atoms with E-state index in [1.54, 1.807) is 16.7 Å². The molecular weight excluding hydrogens is 338 g/mol. The molecule has 0 spiro atoms. The predicted octanol–water partition coefficient (Wildman–Crippen LogP) is 4.98. The maximum absolute atomic E-state index is 12.4. The number of benzene rings is 2. The Kier molecular flexibility index (Phi) is 3.84. The second-order valence-corrected chi connectivity index (χ2v) is 7.37. The molecule has 0 radical (unpaired) electrons. The molecule has 0 saturated carbocycles. The van der Waals surface area contributed by atoms with Crippen LogP contribution in [0.3, 0.4) is 0 Å². The Morgan fingerprint density at radius 1 is 1.08 bits per heavy atom. The van der Waals surface area contributed by atoms with Crippen LogP contribution in [0.25, 0.3) is 20.8 Å². The number of thiazole rings is 2. The van der Waals surface area contributed by atoms with Crippen LogP contribution >= 0.6 is 22.7 Å². The van der Waals surface area contributed by atoms with Crippen molar-refractivity contribution < 1.29 is 4.79 Å². The number of rotatable bonds is 3. The van der Waals surface area contributed by atoms with E-state index in [1.807, 2.05) is 55.5 Å². The third kappa shape index (κ3) is 2.93. The monoisotopic (exact) mass is 351 g/mol. The molecule has 118 valence electrons. The fourth-order valence-corrected chi connectivity index (χ4v) is 4.02. The number of aryl methyl sites for hydroxylation is 1. The second kappa shape index (κ2) is 6.14. The molecule has 0 fully saturated rings. The Balaban J connectivity index is 1.56. The van der Waals surface area contributed by atoms with E-state index in [0.717, 1.165) is 31.5 Å². The summed E-state index contributed by atoms with van der Waals surface area (Å²) in [5, 5.41) is 6.53. The molecule has 4 rings (SSSR count). The normalized spacial score (nSPS) is 10.9. The highest BCUT2D eigenvalue weighted by molar-refractivity contribution is 7.18. The summed E-state index contributed by atoms with van der Waals surface area (Å²) >= 11 is 3.11. The van der Waals surface area contributed by atoms with Crippen LogP contribution in [0.5, 0.6) is 0 Å². The molecule has 1 amide bonds. The molecule has 24 heavy (non-hydrogen) atoms. The first kappa shape index (κ1) is 15.0. The predicted molar refractivity (Wildman–Crippen MR) is 99.9 cm³/mol. The van der Waals surface area contributed by atoms with Gasteiger partial charge < -0.3 is 5.32 Å². The zero-order valence-corrected chi connectivity index (χ0v) is 14.4. The summed E-state index contributed by atoms with van der Waals surface area (Å²) in [6, 6.07) is 15.6. The lowest BCUT2D eigenvalue weighted by molar-refractivity contribution is 0.102. The van der Waals surface area contributed by atoms with E-state index in [2.05, 4.69) is 15.3 Å². The minimum absolute atomic E-state index is 0.209. The molecule has 2 aromatic heterocycles. The highest BCUT2D eigenvalue weighted by Crippen LogP contribution is 2.26. The molecule has 4 nitrogen and oxygen atoms in total. The smallest absolute Gasteiger partial charge is 0.275 e. The van der Waals surface area contributed by atoms with Crippen molar-refractivity contribution in [3.8, 4) is 10.6 Å². The third-order valence-electron chi connectivity index (χ3n) is 3.51. The Hall–Kier alpha value is -2.57. The van der Waals surface area contributed by atoms with E-state index >= 15 is 0 Å². The van der Waals surface area contributed by atoms with Gasteiger partial charge in [-0.1, -0.05) is 30.3 Å². The summed E-state index contributed by atoms with van der Waals surface area (Å²) in [5.41, 5.74) is 3.07. The van der Waals surface area contributed by atoms with Gasteiger partial charge in [-0.25, -0.2) is 9.97 Å². The van der Waals surface area contributed by atoms with Crippen molar-refractivity contribution in [2.45, 2.75) is 6.92 Å². The van der Waals surface area contributed by atoms with Crippen molar-refractivity contribution in [2.75, 3.05) is 5.32 Å². The van der Waals surface area contributed by atoms with E-state index in [4.69, 9.17) is 0 Å². The van der Waals surface area contributed by atoms with Gasteiger partial charge in [0.15, 0.2) is 0 Å². The van der Waals surface area contributed by atoms with E-state index in [9.17, 15) is 4.79 Å². The van der Waals surface area contributed by atoms with Crippen molar-refractivity contribution in [1.29, 1.82) is 0 Å². The molecule has 0 bridgehead atoms. The molecule has 0 unspecified atom stereocenters. The molecule has 0 atom stereocenters. The molecule has 0 aliphatic carbocycles. The summed E-state index contributed by atoms with van der Waals surface area (Å²) in [6.07, 6.45) is 0. The van der Waals surface area contributed by atoms with E-state index in [1.165, 1.54) is 11.3 Å². The lowest BCUT2D eigenvalue weighted by atomic mass is 10.2. The Labute approximate surface area is 146 Å². The number of aromatic nitrogens is 2. The number of carbonyl (C=O) groups is 1. The molecule has 0 aliphatic rings. The Morgan fingerprint density at radius 3 is 2.75 bits per heavy atom. The number of fused-ring (bicyclic) bond motifs is 1. The molecule has 0 aliphatic heterocycles. The summed E-state index contributed by atoms with van der Waals surface area (Å²) < 4.78 is 1.12. The summed E-state index contributed by atoms with van der Waals surface area (Å²) in [5.74, 6) is -0.209. The highest BCUT2D eigenvalue weighted by atomic mass is 32.1. The van der Waals surface area contributed by atoms with Crippen molar-refractivity contribution >= 4 is 44.5 Å². The lowest BCUT2D eigenvalue weighted by Crippen LogP contribution is -2.12. The first-order valence-electron chi connectivity index (χ1n) is 7.38. The average Bonchev–Trinajstić information content (AvgIpc) is 3.21. The molecule has 4 aromatic rings. The first-order valence-corrected chi connectivity index (χ1v) is 9.08. The Morgan fingerprint density at radius 2 is 1.92 bits per heavy atom. The van der Waals surface area contributed by atoms with Crippen molar-refractivity contribution in [3.63, 3.8) is 0 Å². The number of anilines is 1. The molecule has 2 aromatic carbocycles. The van der Waals surface area contributed by atoms with Crippen LogP contribution in [-0.4, -0.2) is 15.9 Å².